The molecular weight excluding hydrogens is 290 g/mol. The van der Waals surface area contributed by atoms with Gasteiger partial charge in [0.25, 0.3) is 0 Å². The fourth-order valence-corrected chi connectivity index (χ4v) is 2.68. The number of hydrogen-bond acceptors (Lipinski definition) is 1. The molecule has 1 atom stereocenters. The standard InChI is InChI=1S/C23H29N/c1-2-3-4-5-6-7-14-19-23(22-17-12-9-13-18-22)24-20-21-15-10-8-11-16-21/h7-13,15-19,23-24H,2-6,20H2,1H3. The SMILES string of the molecule is CCCCCCC=C=CC(NCc1ccccc1)c1ccccc1. The maximum absolute atomic E-state index is 3.63. The second kappa shape index (κ2) is 11.5. The summed E-state index contributed by atoms with van der Waals surface area (Å²) in [5.41, 5.74) is 5.96. The topological polar surface area (TPSA) is 12.0 Å². The van der Waals surface area contributed by atoms with E-state index in [2.05, 4.69) is 90.8 Å². The fraction of sp³-hybridized carbons (Fsp3) is 0.348. The van der Waals surface area contributed by atoms with E-state index in [1.54, 1.807) is 0 Å². The van der Waals surface area contributed by atoms with E-state index in [9.17, 15) is 0 Å². The lowest BCUT2D eigenvalue weighted by Crippen LogP contribution is -2.18. The Hall–Kier alpha value is -2.08. The smallest absolute Gasteiger partial charge is 0.0583 e. The van der Waals surface area contributed by atoms with Crippen LogP contribution in [0.15, 0.2) is 78.5 Å². The zero-order valence-corrected chi connectivity index (χ0v) is 14.7. The molecule has 0 heterocycles. The van der Waals surface area contributed by atoms with Crippen molar-refractivity contribution in [3.8, 4) is 0 Å². The zero-order chi connectivity index (χ0) is 16.9. The molecule has 0 aliphatic rings. The maximum atomic E-state index is 3.63. The van der Waals surface area contributed by atoms with Gasteiger partial charge in [-0.05, 0) is 36.1 Å². The van der Waals surface area contributed by atoms with Gasteiger partial charge in [0, 0.05) is 6.54 Å². The highest BCUT2D eigenvalue weighted by Gasteiger charge is 2.06. The molecule has 0 aromatic heterocycles. The molecular formula is C23H29N. The zero-order valence-electron chi connectivity index (χ0n) is 14.7. The average molecular weight is 319 g/mol. The number of benzene rings is 2. The number of unbranched alkanes of at least 4 members (excludes halogenated alkanes) is 4. The maximum Gasteiger partial charge on any atom is 0.0583 e. The summed E-state index contributed by atoms with van der Waals surface area (Å²) in [5, 5.41) is 3.63. The van der Waals surface area contributed by atoms with Gasteiger partial charge in [-0.15, -0.1) is 5.73 Å². The molecule has 1 heteroatoms. The van der Waals surface area contributed by atoms with Gasteiger partial charge >= 0.3 is 0 Å². The summed E-state index contributed by atoms with van der Waals surface area (Å²) in [6.07, 6.45) is 10.7. The summed E-state index contributed by atoms with van der Waals surface area (Å²) < 4.78 is 0. The van der Waals surface area contributed by atoms with Crippen molar-refractivity contribution in [1.29, 1.82) is 0 Å². The second-order valence-electron chi connectivity index (χ2n) is 6.14. The van der Waals surface area contributed by atoms with Gasteiger partial charge in [-0.3, -0.25) is 0 Å². The Kier molecular flexibility index (Phi) is 8.72. The van der Waals surface area contributed by atoms with E-state index in [-0.39, 0.29) is 6.04 Å². The van der Waals surface area contributed by atoms with Gasteiger partial charge in [-0.2, -0.15) is 0 Å². The minimum Gasteiger partial charge on any atom is -0.302 e. The van der Waals surface area contributed by atoms with E-state index in [4.69, 9.17) is 0 Å². The summed E-state index contributed by atoms with van der Waals surface area (Å²) in [6.45, 7) is 3.10. The normalized spacial score (nSPS) is 11.5. The van der Waals surface area contributed by atoms with Gasteiger partial charge in [0.2, 0.25) is 0 Å². The minimum atomic E-state index is 0.193. The molecule has 2 aromatic carbocycles. The highest BCUT2D eigenvalue weighted by molar-refractivity contribution is 5.23. The van der Waals surface area contributed by atoms with E-state index in [0.29, 0.717) is 0 Å². The number of rotatable bonds is 10. The van der Waals surface area contributed by atoms with Crippen LogP contribution in [0.5, 0.6) is 0 Å². The molecule has 0 aliphatic heterocycles. The predicted molar refractivity (Wildman–Crippen MR) is 104 cm³/mol. The first kappa shape index (κ1) is 18.3. The molecule has 126 valence electrons. The molecule has 0 saturated heterocycles. The van der Waals surface area contributed by atoms with Crippen LogP contribution in [0.1, 0.15) is 56.2 Å². The van der Waals surface area contributed by atoms with E-state index in [0.717, 1.165) is 13.0 Å². The molecule has 0 spiro atoms. The minimum absolute atomic E-state index is 0.193. The molecule has 1 nitrogen and oxygen atoms in total. The lowest BCUT2D eigenvalue weighted by atomic mass is 10.1. The molecule has 0 amide bonds. The first-order valence-electron chi connectivity index (χ1n) is 9.13. The first-order valence-corrected chi connectivity index (χ1v) is 9.13. The fourth-order valence-electron chi connectivity index (χ4n) is 2.68. The average Bonchev–Trinajstić information content (AvgIpc) is 2.65. The Bertz CT molecular complexity index is 609. The molecule has 2 rings (SSSR count). The summed E-state index contributed by atoms with van der Waals surface area (Å²) >= 11 is 0. The van der Waals surface area contributed by atoms with E-state index in [1.165, 1.54) is 36.8 Å². The van der Waals surface area contributed by atoms with Crippen molar-refractivity contribution in [3.05, 3.63) is 89.7 Å². The summed E-state index contributed by atoms with van der Waals surface area (Å²) in [6, 6.07) is 21.3. The third-order valence-corrected chi connectivity index (χ3v) is 4.11. The van der Waals surface area contributed by atoms with E-state index >= 15 is 0 Å². The molecule has 24 heavy (non-hydrogen) atoms. The molecule has 1 N–H and O–H groups in total. The Morgan fingerprint density at radius 3 is 2.33 bits per heavy atom. The Labute approximate surface area is 147 Å². The van der Waals surface area contributed by atoms with Crippen molar-refractivity contribution < 1.29 is 0 Å². The van der Waals surface area contributed by atoms with Crippen LogP contribution >= 0.6 is 0 Å². The lowest BCUT2D eigenvalue weighted by Gasteiger charge is -2.15. The van der Waals surface area contributed by atoms with Crippen molar-refractivity contribution in [2.45, 2.75) is 51.6 Å². The van der Waals surface area contributed by atoms with Crippen molar-refractivity contribution in [1.82, 2.24) is 5.32 Å². The van der Waals surface area contributed by atoms with E-state index < -0.39 is 0 Å². The highest BCUT2D eigenvalue weighted by atomic mass is 14.9. The Morgan fingerprint density at radius 2 is 1.62 bits per heavy atom. The van der Waals surface area contributed by atoms with Gasteiger partial charge in [0.05, 0.1) is 6.04 Å². The number of nitrogens with one attached hydrogen (secondary N) is 1. The third-order valence-electron chi connectivity index (χ3n) is 4.11. The van der Waals surface area contributed by atoms with Crippen LogP contribution in [0.25, 0.3) is 0 Å². The van der Waals surface area contributed by atoms with Crippen molar-refractivity contribution in [2.24, 2.45) is 0 Å². The van der Waals surface area contributed by atoms with Gasteiger partial charge in [0.1, 0.15) is 0 Å². The third kappa shape index (κ3) is 7.00. The summed E-state index contributed by atoms with van der Waals surface area (Å²) in [7, 11) is 0. The van der Waals surface area contributed by atoms with Crippen LogP contribution in [-0.4, -0.2) is 0 Å². The Morgan fingerprint density at radius 1 is 0.917 bits per heavy atom. The van der Waals surface area contributed by atoms with Gasteiger partial charge in [-0.25, -0.2) is 0 Å². The molecule has 2 aromatic rings. The second-order valence-corrected chi connectivity index (χ2v) is 6.14. The molecule has 1 unspecified atom stereocenters. The molecule has 0 bridgehead atoms. The van der Waals surface area contributed by atoms with Crippen LogP contribution in [-0.2, 0) is 6.54 Å². The van der Waals surface area contributed by atoms with Crippen molar-refractivity contribution >= 4 is 0 Å². The van der Waals surface area contributed by atoms with E-state index in [1.807, 2.05) is 0 Å². The van der Waals surface area contributed by atoms with Crippen LogP contribution < -0.4 is 5.32 Å². The highest BCUT2D eigenvalue weighted by Crippen LogP contribution is 2.15. The van der Waals surface area contributed by atoms with Crippen LogP contribution in [0.3, 0.4) is 0 Å². The van der Waals surface area contributed by atoms with Gasteiger partial charge in [0.15, 0.2) is 0 Å². The molecule has 0 fully saturated rings. The molecule has 0 aliphatic carbocycles. The predicted octanol–water partition coefficient (Wildman–Crippen LogP) is 6.20. The lowest BCUT2D eigenvalue weighted by molar-refractivity contribution is 0.621. The monoisotopic (exact) mass is 319 g/mol. The van der Waals surface area contributed by atoms with Crippen LogP contribution in [0, 0.1) is 0 Å². The summed E-state index contributed by atoms with van der Waals surface area (Å²) in [5.74, 6) is 0. The van der Waals surface area contributed by atoms with Gasteiger partial charge < -0.3 is 5.32 Å². The van der Waals surface area contributed by atoms with Crippen molar-refractivity contribution in [2.75, 3.05) is 0 Å². The van der Waals surface area contributed by atoms with Crippen LogP contribution in [0.4, 0.5) is 0 Å². The quantitative estimate of drug-likeness (QED) is 0.406. The molecule has 0 radical (unpaired) electrons. The van der Waals surface area contributed by atoms with Gasteiger partial charge in [-0.1, -0.05) is 86.8 Å². The number of hydrogen-bond donors (Lipinski definition) is 1. The first-order chi connectivity index (χ1) is 11.9. The molecule has 0 saturated carbocycles. The summed E-state index contributed by atoms with van der Waals surface area (Å²) in [4.78, 5) is 0. The van der Waals surface area contributed by atoms with Crippen LogP contribution in [0.2, 0.25) is 0 Å². The largest absolute Gasteiger partial charge is 0.302 e. The van der Waals surface area contributed by atoms with Crippen molar-refractivity contribution in [3.63, 3.8) is 0 Å². The Balaban J connectivity index is 1.94.